The summed E-state index contributed by atoms with van der Waals surface area (Å²) < 4.78 is 5.42. The van der Waals surface area contributed by atoms with Crippen molar-refractivity contribution in [2.24, 2.45) is 0 Å². The van der Waals surface area contributed by atoms with E-state index in [4.69, 9.17) is 16.3 Å². The van der Waals surface area contributed by atoms with Gasteiger partial charge in [-0.05, 0) is 24.1 Å². The Bertz CT molecular complexity index is 332. The first kappa shape index (κ1) is 9.69. The van der Waals surface area contributed by atoms with E-state index in [1.165, 1.54) is 0 Å². The topological polar surface area (TPSA) is 26.3 Å². The Kier molecular flexibility index (Phi) is 2.85. The van der Waals surface area contributed by atoms with Gasteiger partial charge in [-0.3, -0.25) is 4.79 Å². The van der Waals surface area contributed by atoms with E-state index < -0.39 is 0 Å². The molecule has 1 unspecified atom stereocenters. The van der Waals surface area contributed by atoms with Gasteiger partial charge in [-0.2, -0.15) is 0 Å². The number of benzene rings is 1. The molecule has 0 bridgehead atoms. The Morgan fingerprint density at radius 2 is 2.00 bits per heavy atom. The van der Waals surface area contributed by atoms with Crippen LogP contribution in [0.5, 0.6) is 0 Å². The van der Waals surface area contributed by atoms with Crippen LogP contribution >= 0.6 is 11.6 Å². The van der Waals surface area contributed by atoms with E-state index in [-0.39, 0.29) is 11.9 Å². The third-order valence-corrected chi connectivity index (χ3v) is 2.57. The number of carbonyl (C=O) groups is 1. The van der Waals surface area contributed by atoms with Crippen molar-refractivity contribution in [3.05, 3.63) is 34.9 Å². The summed E-state index contributed by atoms with van der Waals surface area (Å²) in [5, 5.41) is 0.678. The Hall–Kier alpha value is -0.860. The third kappa shape index (κ3) is 1.97. The lowest BCUT2D eigenvalue weighted by Gasteiger charge is -2.21. The van der Waals surface area contributed by atoms with Crippen molar-refractivity contribution >= 4 is 17.4 Å². The minimum absolute atomic E-state index is 0.165. The summed E-state index contributed by atoms with van der Waals surface area (Å²) in [7, 11) is 0. The molecule has 2 nitrogen and oxygen atoms in total. The molecule has 0 aliphatic carbocycles. The van der Waals surface area contributed by atoms with Crippen LogP contribution in [0, 0.1) is 0 Å². The van der Waals surface area contributed by atoms with Crippen molar-refractivity contribution in [2.45, 2.75) is 18.9 Å². The van der Waals surface area contributed by atoms with Gasteiger partial charge >= 0.3 is 0 Å². The van der Waals surface area contributed by atoms with Gasteiger partial charge in [0.05, 0.1) is 0 Å². The normalized spacial score (nSPS) is 22.4. The molecule has 0 aromatic heterocycles. The third-order valence-electron chi connectivity index (χ3n) is 2.32. The number of ketones is 1. The zero-order chi connectivity index (χ0) is 9.97. The van der Waals surface area contributed by atoms with Crippen molar-refractivity contribution in [1.82, 2.24) is 0 Å². The summed E-state index contributed by atoms with van der Waals surface area (Å²) in [6, 6.07) is 7.25. The molecule has 74 valence electrons. The zero-order valence-electron chi connectivity index (χ0n) is 7.70. The first-order valence-electron chi connectivity index (χ1n) is 4.67. The molecule has 1 aliphatic heterocycles. The van der Waals surface area contributed by atoms with E-state index in [9.17, 15) is 4.79 Å². The molecule has 1 saturated heterocycles. The number of hydrogen-bond donors (Lipinski definition) is 0. The SMILES string of the molecule is O=C1CCCOC1c1ccc(Cl)cc1. The van der Waals surface area contributed by atoms with Crippen LogP contribution in [-0.2, 0) is 9.53 Å². The molecule has 0 saturated carbocycles. The van der Waals surface area contributed by atoms with Gasteiger partial charge in [0.15, 0.2) is 5.78 Å². The minimum Gasteiger partial charge on any atom is -0.366 e. The van der Waals surface area contributed by atoms with Crippen LogP contribution in [0.4, 0.5) is 0 Å². The van der Waals surface area contributed by atoms with Gasteiger partial charge in [0, 0.05) is 18.1 Å². The Labute approximate surface area is 87.8 Å². The smallest absolute Gasteiger partial charge is 0.166 e. The molecule has 14 heavy (non-hydrogen) atoms. The number of Topliss-reactive ketones (excluding diaryl/α,β-unsaturated/α-hetero) is 1. The number of carbonyl (C=O) groups excluding carboxylic acids is 1. The summed E-state index contributed by atoms with van der Waals surface area (Å²) in [6.07, 6.45) is 1.08. The van der Waals surface area contributed by atoms with E-state index >= 15 is 0 Å². The van der Waals surface area contributed by atoms with Crippen LogP contribution < -0.4 is 0 Å². The number of halogens is 1. The molecule has 1 aromatic rings. The average Bonchev–Trinajstić information content (AvgIpc) is 2.20. The quantitative estimate of drug-likeness (QED) is 0.713. The highest BCUT2D eigenvalue weighted by atomic mass is 35.5. The van der Waals surface area contributed by atoms with Crippen LogP contribution in [0.15, 0.2) is 24.3 Å². The standard InChI is InChI=1S/C11H11ClO2/c12-9-5-3-8(4-6-9)11-10(13)2-1-7-14-11/h3-6,11H,1-2,7H2. The highest BCUT2D eigenvalue weighted by Gasteiger charge is 2.24. The van der Waals surface area contributed by atoms with E-state index in [0.29, 0.717) is 18.1 Å². The summed E-state index contributed by atoms with van der Waals surface area (Å²) >= 11 is 5.76. The average molecular weight is 211 g/mol. The lowest BCUT2D eigenvalue weighted by Crippen LogP contribution is -2.22. The lowest BCUT2D eigenvalue weighted by atomic mass is 10.0. The fraction of sp³-hybridized carbons (Fsp3) is 0.364. The van der Waals surface area contributed by atoms with E-state index in [1.54, 1.807) is 12.1 Å². The summed E-state index contributed by atoms with van der Waals surface area (Å²) in [4.78, 5) is 11.5. The molecule has 0 amide bonds. The molecule has 1 atom stereocenters. The van der Waals surface area contributed by atoms with Crippen molar-refractivity contribution in [2.75, 3.05) is 6.61 Å². The second-order valence-electron chi connectivity index (χ2n) is 3.37. The highest BCUT2D eigenvalue weighted by molar-refractivity contribution is 6.30. The maximum atomic E-state index is 11.5. The van der Waals surface area contributed by atoms with Gasteiger partial charge in [0.2, 0.25) is 0 Å². The molecule has 0 N–H and O–H groups in total. The summed E-state index contributed by atoms with van der Waals surface area (Å²) in [5.74, 6) is 0.165. The maximum absolute atomic E-state index is 11.5. The van der Waals surface area contributed by atoms with Crippen LogP contribution in [-0.4, -0.2) is 12.4 Å². The number of ether oxygens (including phenoxy) is 1. The van der Waals surface area contributed by atoms with Gasteiger partial charge in [-0.1, -0.05) is 23.7 Å². The van der Waals surface area contributed by atoms with Crippen molar-refractivity contribution in [1.29, 1.82) is 0 Å². The second kappa shape index (κ2) is 4.11. The second-order valence-corrected chi connectivity index (χ2v) is 3.81. The maximum Gasteiger partial charge on any atom is 0.166 e. The van der Waals surface area contributed by atoms with Crippen molar-refractivity contribution < 1.29 is 9.53 Å². The van der Waals surface area contributed by atoms with Crippen molar-refractivity contribution in [3.63, 3.8) is 0 Å². The molecule has 1 aromatic carbocycles. The fourth-order valence-electron chi connectivity index (χ4n) is 1.59. The fourth-order valence-corrected chi connectivity index (χ4v) is 1.72. The monoisotopic (exact) mass is 210 g/mol. The van der Waals surface area contributed by atoms with E-state index in [2.05, 4.69) is 0 Å². The molecule has 0 radical (unpaired) electrons. The van der Waals surface area contributed by atoms with Crippen LogP contribution in [0.25, 0.3) is 0 Å². The highest BCUT2D eigenvalue weighted by Crippen LogP contribution is 2.25. The molecular weight excluding hydrogens is 200 g/mol. The number of hydrogen-bond acceptors (Lipinski definition) is 2. The minimum atomic E-state index is -0.374. The van der Waals surface area contributed by atoms with Gasteiger partial charge in [0.25, 0.3) is 0 Å². The Morgan fingerprint density at radius 3 is 2.64 bits per heavy atom. The van der Waals surface area contributed by atoms with E-state index in [0.717, 1.165) is 12.0 Å². The van der Waals surface area contributed by atoms with Gasteiger partial charge in [-0.25, -0.2) is 0 Å². The molecule has 3 heteroatoms. The molecule has 0 spiro atoms. The molecular formula is C11H11ClO2. The van der Waals surface area contributed by atoms with E-state index in [1.807, 2.05) is 12.1 Å². The summed E-state index contributed by atoms with van der Waals surface area (Å²) in [6.45, 7) is 0.666. The predicted molar refractivity (Wildman–Crippen MR) is 54.4 cm³/mol. The van der Waals surface area contributed by atoms with Gasteiger partial charge in [-0.15, -0.1) is 0 Å². The molecule has 1 fully saturated rings. The van der Waals surface area contributed by atoms with Gasteiger partial charge in [0.1, 0.15) is 6.10 Å². The van der Waals surface area contributed by atoms with Crippen LogP contribution in [0.3, 0.4) is 0 Å². The first-order chi connectivity index (χ1) is 6.77. The molecule has 1 aliphatic rings. The van der Waals surface area contributed by atoms with Crippen LogP contribution in [0.2, 0.25) is 5.02 Å². The lowest BCUT2D eigenvalue weighted by molar-refractivity contribution is -0.136. The number of rotatable bonds is 1. The Balaban J connectivity index is 2.20. The Morgan fingerprint density at radius 1 is 1.29 bits per heavy atom. The van der Waals surface area contributed by atoms with Crippen LogP contribution in [0.1, 0.15) is 24.5 Å². The zero-order valence-corrected chi connectivity index (χ0v) is 8.46. The summed E-state index contributed by atoms with van der Waals surface area (Å²) in [5.41, 5.74) is 0.902. The molecule has 2 rings (SSSR count). The first-order valence-corrected chi connectivity index (χ1v) is 5.05. The predicted octanol–water partition coefficient (Wildman–Crippen LogP) is 2.76. The largest absolute Gasteiger partial charge is 0.366 e. The van der Waals surface area contributed by atoms with Crippen molar-refractivity contribution in [3.8, 4) is 0 Å². The van der Waals surface area contributed by atoms with Gasteiger partial charge < -0.3 is 4.74 Å². The molecule has 1 heterocycles.